The van der Waals surface area contributed by atoms with Crippen molar-refractivity contribution in [3.05, 3.63) is 59.7 Å². The summed E-state index contributed by atoms with van der Waals surface area (Å²) < 4.78 is 5.02. The molecule has 2 aromatic carbocycles. The molecular weight excluding hydrogens is 298 g/mol. The molecule has 0 atom stereocenters. The van der Waals surface area contributed by atoms with Gasteiger partial charge in [-0.2, -0.15) is 5.10 Å². The zero-order chi connectivity index (χ0) is 15.8. The van der Waals surface area contributed by atoms with E-state index in [1.807, 2.05) is 30.3 Å². The molecule has 0 fully saturated rings. The molecule has 0 heterocycles. The van der Waals surface area contributed by atoms with Crippen LogP contribution in [0.25, 0.3) is 0 Å². The van der Waals surface area contributed by atoms with E-state index in [0.29, 0.717) is 10.9 Å². The molecule has 0 saturated heterocycles. The van der Waals surface area contributed by atoms with Crippen LogP contribution >= 0.6 is 11.8 Å². The van der Waals surface area contributed by atoms with Crippen LogP contribution in [0.15, 0.2) is 58.7 Å². The van der Waals surface area contributed by atoms with E-state index in [1.54, 1.807) is 18.3 Å². The lowest BCUT2D eigenvalue weighted by Gasteiger charge is -2.02. The lowest BCUT2D eigenvalue weighted by atomic mass is 10.2. The molecule has 0 aromatic heterocycles. The Hall–Kier alpha value is -2.47. The van der Waals surface area contributed by atoms with E-state index >= 15 is 0 Å². The summed E-state index contributed by atoms with van der Waals surface area (Å²) in [6.45, 7) is 0. The van der Waals surface area contributed by atoms with E-state index in [0.717, 1.165) is 11.3 Å². The summed E-state index contributed by atoms with van der Waals surface area (Å²) in [5.41, 5.74) is 7.74. The number of thioether (sulfide) groups is 1. The molecule has 22 heavy (non-hydrogen) atoms. The zero-order valence-electron chi connectivity index (χ0n) is 12.1. The van der Waals surface area contributed by atoms with Crippen LogP contribution in [0, 0.1) is 0 Å². The van der Waals surface area contributed by atoms with E-state index in [2.05, 4.69) is 10.2 Å². The number of aromatic hydroxyl groups is 1. The summed E-state index contributed by atoms with van der Waals surface area (Å²) in [6, 6.07) is 14.9. The van der Waals surface area contributed by atoms with Crippen molar-refractivity contribution in [2.75, 3.05) is 7.11 Å². The second-order valence-corrected chi connectivity index (χ2v) is 5.38. The van der Waals surface area contributed by atoms with Gasteiger partial charge in [-0.25, -0.2) is 0 Å². The molecule has 0 spiro atoms. The van der Waals surface area contributed by atoms with Crippen LogP contribution in [-0.2, 0) is 5.75 Å². The smallest absolute Gasteiger partial charge is 0.180 e. The minimum absolute atomic E-state index is 0.0843. The Labute approximate surface area is 133 Å². The molecule has 0 aliphatic carbocycles. The van der Waals surface area contributed by atoms with Gasteiger partial charge in [0.1, 0.15) is 0 Å². The Bertz CT molecular complexity index is 672. The molecule has 114 valence electrons. The van der Waals surface area contributed by atoms with E-state index < -0.39 is 0 Å². The van der Waals surface area contributed by atoms with Crippen LogP contribution < -0.4 is 10.5 Å². The normalized spacial score (nSPS) is 11.8. The molecule has 0 aliphatic rings. The Morgan fingerprint density at radius 2 is 2.05 bits per heavy atom. The predicted octanol–water partition coefficient (Wildman–Crippen LogP) is 2.98. The Kier molecular flexibility index (Phi) is 5.85. The maximum atomic E-state index is 9.51. The molecule has 0 aliphatic heterocycles. The minimum atomic E-state index is 0.0843. The third-order valence-electron chi connectivity index (χ3n) is 2.80. The number of rotatable bonds is 5. The van der Waals surface area contributed by atoms with E-state index in [4.69, 9.17) is 10.5 Å². The summed E-state index contributed by atoms with van der Waals surface area (Å²) >= 11 is 1.42. The molecular formula is C16H17N3O2S. The first kappa shape index (κ1) is 15.9. The van der Waals surface area contributed by atoms with Crippen molar-refractivity contribution in [2.24, 2.45) is 15.9 Å². The number of benzene rings is 2. The van der Waals surface area contributed by atoms with Gasteiger partial charge in [0.15, 0.2) is 16.7 Å². The maximum absolute atomic E-state index is 9.51. The Morgan fingerprint density at radius 1 is 1.27 bits per heavy atom. The number of amidine groups is 1. The van der Waals surface area contributed by atoms with Crippen molar-refractivity contribution in [1.29, 1.82) is 0 Å². The van der Waals surface area contributed by atoms with Crippen LogP contribution in [0.5, 0.6) is 11.5 Å². The van der Waals surface area contributed by atoms with Gasteiger partial charge < -0.3 is 15.6 Å². The first-order valence-electron chi connectivity index (χ1n) is 6.59. The predicted molar refractivity (Wildman–Crippen MR) is 91.6 cm³/mol. The lowest BCUT2D eigenvalue weighted by Crippen LogP contribution is -2.05. The Balaban J connectivity index is 1.92. The van der Waals surface area contributed by atoms with Crippen molar-refractivity contribution in [2.45, 2.75) is 5.75 Å². The molecule has 5 nitrogen and oxygen atoms in total. The quantitative estimate of drug-likeness (QED) is 0.505. The summed E-state index contributed by atoms with van der Waals surface area (Å²) in [5.74, 6) is 1.22. The summed E-state index contributed by atoms with van der Waals surface area (Å²) in [6.07, 6.45) is 1.55. The SMILES string of the molecule is COc1cc(/C=N/N=C(\N)SCc2ccccc2)ccc1O. The highest BCUT2D eigenvalue weighted by molar-refractivity contribution is 8.13. The summed E-state index contributed by atoms with van der Waals surface area (Å²) in [5, 5.41) is 17.8. The van der Waals surface area contributed by atoms with Crippen LogP contribution in [0.1, 0.15) is 11.1 Å². The van der Waals surface area contributed by atoms with Crippen molar-refractivity contribution >= 4 is 23.1 Å². The molecule has 0 unspecified atom stereocenters. The molecule has 3 N–H and O–H groups in total. The molecule has 0 amide bonds. The van der Waals surface area contributed by atoms with E-state index in [-0.39, 0.29) is 5.75 Å². The van der Waals surface area contributed by atoms with Gasteiger partial charge in [0, 0.05) is 5.75 Å². The van der Waals surface area contributed by atoms with Crippen molar-refractivity contribution in [1.82, 2.24) is 0 Å². The molecule has 0 bridgehead atoms. The fourth-order valence-corrected chi connectivity index (χ4v) is 2.30. The largest absolute Gasteiger partial charge is 0.504 e. The first-order valence-corrected chi connectivity index (χ1v) is 7.58. The Morgan fingerprint density at radius 3 is 2.77 bits per heavy atom. The van der Waals surface area contributed by atoms with Crippen molar-refractivity contribution in [3.63, 3.8) is 0 Å². The minimum Gasteiger partial charge on any atom is -0.504 e. The fraction of sp³-hybridized carbons (Fsp3) is 0.125. The summed E-state index contributed by atoms with van der Waals surface area (Å²) in [4.78, 5) is 0. The highest BCUT2D eigenvalue weighted by Gasteiger charge is 2.00. The zero-order valence-corrected chi connectivity index (χ0v) is 13.0. The van der Waals surface area contributed by atoms with Gasteiger partial charge in [-0.05, 0) is 29.3 Å². The van der Waals surface area contributed by atoms with Crippen molar-refractivity contribution in [3.8, 4) is 11.5 Å². The van der Waals surface area contributed by atoms with E-state index in [9.17, 15) is 5.11 Å². The second-order valence-electron chi connectivity index (χ2n) is 4.39. The average molecular weight is 315 g/mol. The van der Waals surface area contributed by atoms with Crippen LogP contribution in [0.2, 0.25) is 0 Å². The molecule has 6 heteroatoms. The van der Waals surface area contributed by atoms with Gasteiger partial charge in [-0.3, -0.25) is 0 Å². The molecule has 0 saturated carbocycles. The van der Waals surface area contributed by atoms with Gasteiger partial charge in [0.25, 0.3) is 0 Å². The van der Waals surface area contributed by atoms with Gasteiger partial charge in [-0.1, -0.05) is 42.1 Å². The number of nitrogens with two attached hydrogens (primary N) is 1. The number of phenolic OH excluding ortho intramolecular Hbond substituents is 1. The molecule has 2 aromatic rings. The number of hydrogen-bond acceptors (Lipinski definition) is 5. The van der Waals surface area contributed by atoms with Gasteiger partial charge in [0.05, 0.1) is 13.3 Å². The van der Waals surface area contributed by atoms with Crippen LogP contribution in [0.4, 0.5) is 0 Å². The third-order valence-corrected chi connectivity index (χ3v) is 3.65. The highest BCUT2D eigenvalue weighted by atomic mass is 32.2. The maximum Gasteiger partial charge on any atom is 0.180 e. The average Bonchev–Trinajstić information content (AvgIpc) is 2.55. The van der Waals surface area contributed by atoms with Crippen molar-refractivity contribution < 1.29 is 9.84 Å². The van der Waals surface area contributed by atoms with Gasteiger partial charge in [-0.15, -0.1) is 5.10 Å². The number of phenols is 1. The monoisotopic (exact) mass is 315 g/mol. The van der Waals surface area contributed by atoms with Gasteiger partial charge >= 0.3 is 0 Å². The topological polar surface area (TPSA) is 80.2 Å². The molecule has 2 rings (SSSR count). The highest BCUT2D eigenvalue weighted by Crippen LogP contribution is 2.25. The standard InChI is InChI=1S/C16H17N3O2S/c1-21-15-9-13(7-8-14(15)20)10-18-19-16(17)22-11-12-5-3-2-4-6-12/h2-10,20H,11H2,1H3,(H2,17,19)/b18-10+. The lowest BCUT2D eigenvalue weighted by molar-refractivity contribution is 0.373. The third kappa shape index (κ3) is 4.82. The summed E-state index contributed by atoms with van der Waals surface area (Å²) in [7, 11) is 1.49. The van der Waals surface area contributed by atoms with E-state index in [1.165, 1.54) is 30.5 Å². The number of methoxy groups -OCH3 is 1. The van der Waals surface area contributed by atoms with Crippen LogP contribution in [0.3, 0.4) is 0 Å². The number of nitrogens with zero attached hydrogens (tertiary/aromatic N) is 2. The first-order chi connectivity index (χ1) is 10.7. The number of hydrogen-bond donors (Lipinski definition) is 2. The number of ether oxygens (including phenoxy) is 1. The second kappa shape index (κ2) is 8.09. The molecule has 0 radical (unpaired) electrons. The van der Waals surface area contributed by atoms with Crippen LogP contribution in [-0.4, -0.2) is 23.6 Å². The van der Waals surface area contributed by atoms with Gasteiger partial charge in [0.2, 0.25) is 0 Å². The fourth-order valence-electron chi connectivity index (χ4n) is 1.69.